The topological polar surface area (TPSA) is 47.4 Å². The number of nitrogens with zero attached hydrogens (tertiary/aromatic N) is 3. The van der Waals surface area contributed by atoms with Crippen LogP contribution >= 0.6 is 0 Å². The highest BCUT2D eigenvalue weighted by molar-refractivity contribution is 5.94. The van der Waals surface area contributed by atoms with Gasteiger partial charge in [0, 0.05) is 30.9 Å². The zero-order valence-corrected chi connectivity index (χ0v) is 14.0. The number of carbonyl (C=O) groups is 1. The van der Waals surface area contributed by atoms with Crippen molar-refractivity contribution < 1.29 is 9.53 Å². The maximum atomic E-state index is 12.9. The lowest BCUT2D eigenvalue weighted by atomic mass is 10.1. The minimum atomic E-state index is 0.0927. The van der Waals surface area contributed by atoms with E-state index in [0.717, 1.165) is 48.8 Å². The predicted octanol–water partition coefficient (Wildman–Crippen LogP) is 3.19. The molecule has 2 aliphatic rings. The lowest BCUT2D eigenvalue weighted by molar-refractivity contribution is 0.0735. The molecule has 0 spiro atoms. The molecule has 1 saturated heterocycles. The molecule has 2 fully saturated rings. The number of hydrogen-bond acceptors (Lipinski definition) is 3. The third kappa shape index (κ3) is 3.16. The van der Waals surface area contributed by atoms with Crippen LogP contribution in [-0.2, 0) is 7.05 Å². The van der Waals surface area contributed by atoms with Gasteiger partial charge in [-0.25, -0.2) is 0 Å². The minimum absolute atomic E-state index is 0.0927. The average molecular weight is 325 g/mol. The third-order valence-electron chi connectivity index (χ3n) is 4.91. The monoisotopic (exact) mass is 325 g/mol. The van der Waals surface area contributed by atoms with Gasteiger partial charge in [0.1, 0.15) is 5.75 Å². The molecule has 5 heteroatoms. The van der Waals surface area contributed by atoms with Crippen LogP contribution in [0.25, 0.3) is 0 Å². The van der Waals surface area contributed by atoms with E-state index in [2.05, 4.69) is 5.10 Å². The van der Waals surface area contributed by atoms with Gasteiger partial charge >= 0.3 is 0 Å². The highest BCUT2D eigenvalue weighted by Gasteiger charge is 2.31. The quantitative estimate of drug-likeness (QED) is 0.848. The predicted molar refractivity (Wildman–Crippen MR) is 90.9 cm³/mol. The molecular weight excluding hydrogens is 302 g/mol. The molecule has 1 amide bonds. The second-order valence-electron chi connectivity index (χ2n) is 6.88. The van der Waals surface area contributed by atoms with Gasteiger partial charge in [0.2, 0.25) is 0 Å². The standard InChI is InChI=1S/C19H23N3O2/c1-21-12-16(11-20-21)18-3-2-10-22(18)19(23)15-6-8-17(9-7-15)24-13-14-4-5-14/h6-9,11-12,14,18H,2-5,10,13H2,1H3/t18-/m1/s1. The van der Waals surface area contributed by atoms with Crippen LogP contribution in [0, 0.1) is 5.92 Å². The first kappa shape index (κ1) is 15.2. The van der Waals surface area contributed by atoms with Crippen molar-refractivity contribution in [3.05, 3.63) is 47.8 Å². The van der Waals surface area contributed by atoms with Gasteiger partial charge in [-0.2, -0.15) is 5.10 Å². The molecule has 24 heavy (non-hydrogen) atoms. The van der Waals surface area contributed by atoms with Crippen LogP contribution in [0.5, 0.6) is 5.75 Å². The Kier molecular flexibility index (Phi) is 4.00. The van der Waals surface area contributed by atoms with Gasteiger partial charge in [-0.05, 0) is 55.9 Å². The first-order valence-electron chi connectivity index (χ1n) is 8.73. The van der Waals surface area contributed by atoms with Crippen molar-refractivity contribution in [3.63, 3.8) is 0 Å². The fourth-order valence-corrected chi connectivity index (χ4v) is 3.33. The number of amides is 1. The summed E-state index contributed by atoms with van der Waals surface area (Å²) in [6.07, 6.45) is 8.46. The van der Waals surface area contributed by atoms with Crippen molar-refractivity contribution in [2.45, 2.75) is 31.7 Å². The molecule has 5 nitrogen and oxygen atoms in total. The maximum Gasteiger partial charge on any atom is 0.254 e. The van der Waals surface area contributed by atoms with Crippen LogP contribution < -0.4 is 4.74 Å². The summed E-state index contributed by atoms with van der Waals surface area (Å²) in [5.41, 5.74) is 1.84. The molecule has 0 N–H and O–H groups in total. The second kappa shape index (κ2) is 6.30. The Morgan fingerprint density at radius 3 is 2.71 bits per heavy atom. The number of aryl methyl sites for hydroxylation is 1. The van der Waals surface area contributed by atoms with Crippen molar-refractivity contribution in [1.82, 2.24) is 14.7 Å². The van der Waals surface area contributed by atoms with Crippen molar-refractivity contribution >= 4 is 5.91 Å². The molecular formula is C19H23N3O2. The van der Waals surface area contributed by atoms with Gasteiger partial charge in [-0.15, -0.1) is 0 Å². The number of hydrogen-bond donors (Lipinski definition) is 0. The van der Waals surface area contributed by atoms with E-state index in [-0.39, 0.29) is 11.9 Å². The van der Waals surface area contributed by atoms with E-state index >= 15 is 0 Å². The van der Waals surface area contributed by atoms with E-state index in [4.69, 9.17) is 4.74 Å². The Bertz CT molecular complexity index is 718. The Hall–Kier alpha value is -2.30. The zero-order valence-electron chi connectivity index (χ0n) is 14.0. The van der Waals surface area contributed by atoms with Gasteiger partial charge in [0.15, 0.2) is 0 Å². The van der Waals surface area contributed by atoms with Gasteiger partial charge in [0.05, 0.1) is 18.8 Å². The van der Waals surface area contributed by atoms with E-state index in [1.165, 1.54) is 12.8 Å². The Morgan fingerprint density at radius 1 is 1.25 bits per heavy atom. The molecule has 126 valence electrons. The van der Waals surface area contributed by atoms with E-state index in [1.807, 2.05) is 48.6 Å². The van der Waals surface area contributed by atoms with E-state index < -0.39 is 0 Å². The number of carbonyl (C=O) groups excluding carboxylic acids is 1. The number of rotatable bonds is 5. The third-order valence-corrected chi connectivity index (χ3v) is 4.91. The van der Waals surface area contributed by atoms with Crippen LogP contribution in [0.2, 0.25) is 0 Å². The first-order chi connectivity index (χ1) is 11.7. The smallest absolute Gasteiger partial charge is 0.254 e. The van der Waals surface area contributed by atoms with Crippen molar-refractivity contribution in [1.29, 1.82) is 0 Å². The minimum Gasteiger partial charge on any atom is -0.493 e. The summed E-state index contributed by atoms with van der Waals surface area (Å²) in [6.45, 7) is 1.60. The Morgan fingerprint density at radius 2 is 2.04 bits per heavy atom. The van der Waals surface area contributed by atoms with Crippen LogP contribution in [-0.4, -0.2) is 33.7 Å². The van der Waals surface area contributed by atoms with E-state index in [0.29, 0.717) is 0 Å². The number of ether oxygens (including phenoxy) is 1. The summed E-state index contributed by atoms with van der Waals surface area (Å²) < 4.78 is 7.54. The van der Waals surface area contributed by atoms with Crippen LogP contribution in [0.4, 0.5) is 0 Å². The largest absolute Gasteiger partial charge is 0.493 e. The van der Waals surface area contributed by atoms with Gasteiger partial charge in [-0.1, -0.05) is 0 Å². The molecule has 2 aromatic rings. The Balaban J connectivity index is 1.45. The molecule has 2 heterocycles. The van der Waals surface area contributed by atoms with Crippen molar-refractivity contribution in [3.8, 4) is 5.75 Å². The summed E-state index contributed by atoms with van der Waals surface area (Å²) in [5.74, 6) is 1.68. The fraction of sp³-hybridized carbons (Fsp3) is 0.474. The molecule has 1 aliphatic heterocycles. The summed E-state index contributed by atoms with van der Waals surface area (Å²) in [6, 6.07) is 7.71. The molecule has 0 bridgehead atoms. The van der Waals surface area contributed by atoms with Gasteiger partial charge < -0.3 is 9.64 Å². The summed E-state index contributed by atoms with van der Waals surface area (Å²) in [5, 5.41) is 4.24. The maximum absolute atomic E-state index is 12.9. The fourth-order valence-electron chi connectivity index (χ4n) is 3.33. The summed E-state index contributed by atoms with van der Waals surface area (Å²) >= 11 is 0. The van der Waals surface area contributed by atoms with Gasteiger partial charge in [0.25, 0.3) is 5.91 Å². The summed E-state index contributed by atoms with van der Waals surface area (Å²) in [4.78, 5) is 14.9. The Labute approximate surface area is 142 Å². The highest BCUT2D eigenvalue weighted by Crippen LogP contribution is 2.33. The molecule has 0 radical (unpaired) electrons. The van der Waals surface area contributed by atoms with Crippen LogP contribution in [0.15, 0.2) is 36.7 Å². The van der Waals surface area contributed by atoms with Crippen molar-refractivity contribution in [2.24, 2.45) is 13.0 Å². The highest BCUT2D eigenvalue weighted by atomic mass is 16.5. The molecule has 1 aromatic carbocycles. The molecule has 1 atom stereocenters. The number of aromatic nitrogens is 2. The first-order valence-corrected chi connectivity index (χ1v) is 8.73. The lowest BCUT2D eigenvalue weighted by Gasteiger charge is -2.24. The van der Waals surface area contributed by atoms with E-state index in [1.54, 1.807) is 4.68 Å². The molecule has 4 rings (SSSR count). The number of benzene rings is 1. The number of likely N-dealkylation sites (tertiary alicyclic amines) is 1. The zero-order chi connectivity index (χ0) is 16.5. The van der Waals surface area contributed by atoms with Gasteiger partial charge in [-0.3, -0.25) is 9.48 Å². The van der Waals surface area contributed by atoms with Crippen LogP contribution in [0.3, 0.4) is 0 Å². The summed E-state index contributed by atoms with van der Waals surface area (Å²) in [7, 11) is 1.91. The molecule has 0 unspecified atom stereocenters. The van der Waals surface area contributed by atoms with E-state index in [9.17, 15) is 4.79 Å². The average Bonchev–Trinajstić information content (AvgIpc) is 3.12. The second-order valence-corrected chi connectivity index (χ2v) is 6.88. The molecule has 1 saturated carbocycles. The molecule has 1 aromatic heterocycles. The van der Waals surface area contributed by atoms with Crippen LogP contribution in [0.1, 0.15) is 47.6 Å². The molecule has 1 aliphatic carbocycles. The van der Waals surface area contributed by atoms with Crippen molar-refractivity contribution in [2.75, 3.05) is 13.2 Å². The normalized spacial score (nSPS) is 20.4. The lowest BCUT2D eigenvalue weighted by Crippen LogP contribution is -2.30. The SMILES string of the molecule is Cn1cc([C@H]2CCCN2C(=O)c2ccc(OCC3CC3)cc2)cn1.